The van der Waals surface area contributed by atoms with Crippen LogP contribution in [0.4, 0.5) is 23.7 Å². The van der Waals surface area contributed by atoms with E-state index in [9.17, 15) is 27.9 Å². The SMILES string of the molecule is CC(C)(C)OC(=O)NCc1c(O)oc(=O)n1-c1cc(F)c(N2CCSCC2)c(F)c1F. The van der Waals surface area contributed by atoms with Gasteiger partial charge in [-0.3, -0.25) is 0 Å². The van der Waals surface area contributed by atoms with Crippen LogP contribution in [0.2, 0.25) is 0 Å². The molecule has 0 saturated carbocycles. The molecule has 3 rings (SSSR count). The maximum absolute atomic E-state index is 14.9. The smallest absolute Gasteiger partial charge is 0.427 e. The van der Waals surface area contributed by atoms with Crippen LogP contribution < -0.4 is 16.0 Å². The van der Waals surface area contributed by atoms with E-state index in [2.05, 4.69) is 9.73 Å². The van der Waals surface area contributed by atoms with Crippen LogP contribution in [-0.2, 0) is 11.3 Å². The second kappa shape index (κ2) is 8.77. The Hall–Kier alpha value is -2.76. The number of carbonyl (C=O) groups is 1. The highest BCUT2D eigenvalue weighted by Crippen LogP contribution is 2.32. The number of halogens is 3. The van der Waals surface area contributed by atoms with Gasteiger partial charge in [0.15, 0.2) is 17.5 Å². The fourth-order valence-corrected chi connectivity index (χ4v) is 3.98. The van der Waals surface area contributed by atoms with Gasteiger partial charge in [-0.15, -0.1) is 0 Å². The molecule has 0 atom stereocenters. The first-order valence-electron chi connectivity index (χ1n) is 9.40. The van der Waals surface area contributed by atoms with E-state index in [1.54, 1.807) is 32.5 Å². The molecule has 0 bridgehead atoms. The quantitative estimate of drug-likeness (QED) is 0.676. The van der Waals surface area contributed by atoms with Gasteiger partial charge in [0.1, 0.15) is 17.0 Å². The predicted octanol–water partition coefficient (Wildman–Crippen LogP) is 3.13. The Morgan fingerprint density at radius 1 is 1.26 bits per heavy atom. The second-order valence-corrected chi connectivity index (χ2v) is 8.99. The maximum Gasteiger partial charge on any atom is 0.427 e. The number of hydrogen-bond donors (Lipinski definition) is 2. The fourth-order valence-electron chi connectivity index (χ4n) is 3.07. The number of anilines is 1. The summed E-state index contributed by atoms with van der Waals surface area (Å²) in [6, 6.07) is 0.656. The lowest BCUT2D eigenvalue weighted by molar-refractivity contribution is 0.0522. The molecule has 170 valence electrons. The average Bonchev–Trinajstić information content (AvgIpc) is 2.95. The van der Waals surface area contributed by atoms with Crippen molar-refractivity contribution < 1.29 is 32.2 Å². The summed E-state index contributed by atoms with van der Waals surface area (Å²) in [6.07, 6.45) is -0.886. The van der Waals surface area contributed by atoms with E-state index in [1.165, 1.54) is 4.90 Å². The Balaban J connectivity index is 1.98. The van der Waals surface area contributed by atoms with Crippen LogP contribution in [0.15, 0.2) is 15.3 Å². The van der Waals surface area contributed by atoms with Crippen LogP contribution >= 0.6 is 11.8 Å². The first-order valence-corrected chi connectivity index (χ1v) is 10.6. The Labute approximate surface area is 180 Å². The monoisotopic (exact) mass is 461 g/mol. The Kier molecular flexibility index (Phi) is 6.48. The summed E-state index contributed by atoms with van der Waals surface area (Å²) in [4.78, 5) is 25.4. The first-order chi connectivity index (χ1) is 14.5. The summed E-state index contributed by atoms with van der Waals surface area (Å²) < 4.78 is 54.6. The normalized spacial score (nSPS) is 14.6. The van der Waals surface area contributed by atoms with Gasteiger partial charge in [-0.1, -0.05) is 0 Å². The molecule has 1 aromatic carbocycles. The Morgan fingerprint density at radius 2 is 1.90 bits per heavy atom. The van der Waals surface area contributed by atoms with Crippen molar-refractivity contribution in [1.29, 1.82) is 0 Å². The summed E-state index contributed by atoms with van der Waals surface area (Å²) >= 11 is 1.62. The molecule has 2 aromatic rings. The van der Waals surface area contributed by atoms with Crippen molar-refractivity contribution in [2.24, 2.45) is 0 Å². The van der Waals surface area contributed by atoms with E-state index < -0.39 is 64.5 Å². The molecule has 8 nitrogen and oxygen atoms in total. The van der Waals surface area contributed by atoms with E-state index in [4.69, 9.17) is 4.74 Å². The van der Waals surface area contributed by atoms with Crippen LogP contribution in [0.5, 0.6) is 5.95 Å². The molecule has 1 aliphatic rings. The van der Waals surface area contributed by atoms with E-state index in [1.807, 2.05) is 0 Å². The number of thioether (sulfide) groups is 1. The van der Waals surface area contributed by atoms with Crippen molar-refractivity contribution in [3.05, 3.63) is 39.8 Å². The molecule has 1 saturated heterocycles. The molecule has 0 unspecified atom stereocenters. The molecule has 1 amide bonds. The lowest BCUT2D eigenvalue weighted by Gasteiger charge is -2.29. The van der Waals surface area contributed by atoms with Gasteiger partial charge in [0.25, 0.3) is 0 Å². The van der Waals surface area contributed by atoms with E-state index >= 15 is 0 Å². The third-order valence-electron chi connectivity index (χ3n) is 4.37. The van der Waals surface area contributed by atoms with Crippen LogP contribution in [0, 0.1) is 17.5 Å². The van der Waals surface area contributed by atoms with Gasteiger partial charge in [-0.2, -0.15) is 11.8 Å². The zero-order chi connectivity index (χ0) is 22.9. The number of carbonyl (C=O) groups excluding carboxylic acids is 1. The van der Waals surface area contributed by atoms with Gasteiger partial charge in [-0.25, -0.2) is 27.3 Å². The number of amides is 1. The average molecular weight is 461 g/mol. The largest absolute Gasteiger partial charge is 0.479 e. The minimum atomic E-state index is -1.49. The van der Waals surface area contributed by atoms with Gasteiger partial charge in [0.05, 0.1) is 12.2 Å². The van der Waals surface area contributed by atoms with E-state index in [0.717, 1.165) is 0 Å². The summed E-state index contributed by atoms with van der Waals surface area (Å²) in [7, 11) is 0. The lowest BCUT2D eigenvalue weighted by Crippen LogP contribution is -2.34. The summed E-state index contributed by atoms with van der Waals surface area (Å²) in [5.41, 5.74) is -2.53. The highest BCUT2D eigenvalue weighted by Gasteiger charge is 2.29. The predicted molar refractivity (Wildman–Crippen MR) is 108 cm³/mol. The lowest BCUT2D eigenvalue weighted by atomic mass is 10.2. The molecule has 0 radical (unpaired) electrons. The van der Waals surface area contributed by atoms with Gasteiger partial charge in [0, 0.05) is 30.7 Å². The number of nitrogens with one attached hydrogen (secondary N) is 1. The van der Waals surface area contributed by atoms with Crippen LogP contribution in [0.1, 0.15) is 26.5 Å². The summed E-state index contributed by atoms with van der Waals surface area (Å²) in [5.74, 6) is -4.96. The number of oxazole rings is 1. The molecule has 2 heterocycles. The number of aromatic nitrogens is 1. The molecule has 12 heteroatoms. The van der Waals surface area contributed by atoms with Gasteiger partial charge in [-0.05, 0) is 20.8 Å². The standard InChI is InChI=1S/C19H22F3N3O5S/c1-19(2,3)30-17(27)23-9-12-16(26)29-18(28)25(12)11-8-10(20)15(14(22)13(11)21)24-4-6-31-7-5-24/h8,26H,4-7,9H2,1-3H3,(H,23,27). The molecule has 31 heavy (non-hydrogen) atoms. The summed E-state index contributed by atoms with van der Waals surface area (Å²) in [6.45, 7) is 5.04. The highest BCUT2D eigenvalue weighted by atomic mass is 32.2. The number of nitrogens with zero attached hydrogens (tertiary/aromatic N) is 2. The molecular weight excluding hydrogens is 439 g/mol. The summed E-state index contributed by atoms with van der Waals surface area (Å²) in [5, 5.41) is 12.2. The maximum atomic E-state index is 14.9. The van der Waals surface area contributed by atoms with Crippen molar-refractivity contribution in [2.75, 3.05) is 29.5 Å². The van der Waals surface area contributed by atoms with E-state index in [-0.39, 0.29) is 0 Å². The zero-order valence-electron chi connectivity index (χ0n) is 17.1. The van der Waals surface area contributed by atoms with Crippen molar-refractivity contribution >= 4 is 23.5 Å². The molecule has 0 aliphatic carbocycles. The number of hydrogen-bond acceptors (Lipinski definition) is 7. The third kappa shape index (κ3) is 4.94. The number of ether oxygens (including phenoxy) is 1. The Morgan fingerprint density at radius 3 is 2.52 bits per heavy atom. The molecule has 1 aliphatic heterocycles. The molecule has 1 aromatic heterocycles. The number of alkyl carbamates (subject to hydrolysis) is 1. The van der Waals surface area contributed by atoms with Crippen molar-refractivity contribution in [3.63, 3.8) is 0 Å². The molecular formula is C19H22F3N3O5S. The molecule has 0 spiro atoms. The van der Waals surface area contributed by atoms with Gasteiger partial charge < -0.3 is 24.5 Å². The topological polar surface area (TPSA) is 96.9 Å². The van der Waals surface area contributed by atoms with E-state index in [0.29, 0.717) is 35.2 Å². The van der Waals surface area contributed by atoms with Crippen molar-refractivity contribution in [2.45, 2.75) is 32.9 Å². The Bertz CT molecular complexity index is 1040. The van der Waals surface area contributed by atoms with Crippen LogP contribution in [0.3, 0.4) is 0 Å². The van der Waals surface area contributed by atoms with Gasteiger partial charge >= 0.3 is 17.8 Å². The number of rotatable bonds is 4. The van der Waals surface area contributed by atoms with Crippen molar-refractivity contribution in [3.8, 4) is 11.6 Å². The van der Waals surface area contributed by atoms with Crippen LogP contribution in [0.25, 0.3) is 5.69 Å². The zero-order valence-corrected chi connectivity index (χ0v) is 17.9. The van der Waals surface area contributed by atoms with Crippen LogP contribution in [-0.4, -0.2) is 46.0 Å². The number of aromatic hydroxyl groups is 1. The molecule has 2 N–H and O–H groups in total. The minimum Gasteiger partial charge on any atom is -0.479 e. The van der Waals surface area contributed by atoms with Crippen molar-refractivity contribution in [1.82, 2.24) is 9.88 Å². The third-order valence-corrected chi connectivity index (χ3v) is 5.31. The second-order valence-electron chi connectivity index (χ2n) is 7.76. The molecule has 1 fully saturated rings. The van der Waals surface area contributed by atoms with Gasteiger partial charge in [0.2, 0.25) is 0 Å². The number of benzene rings is 1. The first kappa shape index (κ1) is 22.9. The highest BCUT2D eigenvalue weighted by molar-refractivity contribution is 7.99. The fraction of sp³-hybridized carbons (Fsp3) is 0.474. The minimum absolute atomic E-state index is 0.342.